The van der Waals surface area contributed by atoms with E-state index >= 15 is 0 Å². The van der Waals surface area contributed by atoms with Gasteiger partial charge in [0.2, 0.25) is 0 Å². The first kappa shape index (κ1) is 31.5. The summed E-state index contributed by atoms with van der Waals surface area (Å²) in [6.07, 6.45) is 5.21. The van der Waals surface area contributed by atoms with E-state index in [1.807, 2.05) is 30.3 Å². The zero-order chi connectivity index (χ0) is 32.1. The van der Waals surface area contributed by atoms with Crippen molar-refractivity contribution in [2.24, 2.45) is 14.1 Å². The fourth-order valence-electron chi connectivity index (χ4n) is 4.10. The molecule has 14 heteroatoms. The molecule has 1 N–H and O–H groups in total. The van der Waals surface area contributed by atoms with Crippen molar-refractivity contribution in [1.29, 1.82) is 0 Å². The van der Waals surface area contributed by atoms with Gasteiger partial charge in [-0.15, -0.1) is 35.0 Å². The second-order valence-electron chi connectivity index (χ2n) is 9.12. The van der Waals surface area contributed by atoms with Crippen molar-refractivity contribution in [3.05, 3.63) is 99.5 Å². The molecule has 0 amide bonds. The minimum atomic E-state index is -1.12. The van der Waals surface area contributed by atoms with Crippen LogP contribution in [0.2, 0.25) is 0 Å². The van der Waals surface area contributed by atoms with Gasteiger partial charge < -0.3 is 9.84 Å². The van der Waals surface area contributed by atoms with E-state index < -0.39 is 34.4 Å². The van der Waals surface area contributed by atoms with Crippen LogP contribution in [0.1, 0.15) is 31.8 Å². The summed E-state index contributed by atoms with van der Waals surface area (Å²) in [5.41, 5.74) is -1.17. The van der Waals surface area contributed by atoms with E-state index in [0.717, 1.165) is 37.4 Å². The Balaban J connectivity index is 0.000000209. The van der Waals surface area contributed by atoms with Crippen LogP contribution in [-0.2, 0) is 38.5 Å². The third-order valence-electron chi connectivity index (χ3n) is 6.31. The Hall–Kier alpha value is -5.44. The Morgan fingerprint density at radius 1 is 0.864 bits per heavy atom. The van der Waals surface area contributed by atoms with Crippen molar-refractivity contribution in [1.82, 2.24) is 18.3 Å². The number of ether oxygens (including phenoxy) is 1. The Morgan fingerprint density at radius 2 is 1.39 bits per heavy atom. The highest BCUT2D eigenvalue weighted by molar-refractivity contribution is 7.20. The van der Waals surface area contributed by atoms with Crippen LogP contribution >= 0.6 is 22.7 Å². The van der Waals surface area contributed by atoms with Gasteiger partial charge in [-0.25, -0.2) is 28.3 Å². The molecule has 0 saturated carbocycles. The average Bonchev–Trinajstić information content (AvgIpc) is 3.68. The van der Waals surface area contributed by atoms with Crippen molar-refractivity contribution >= 4 is 55.0 Å². The van der Waals surface area contributed by atoms with Crippen LogP contribution < -0.4 is 22.5 Å². The first-order chi connectivity index (χ1) is 21.0. The maximum atomic E-state index is 12.4. The molecule has 0 aliphatic rings. The number of rotatable bonds is 6. The summed E-state index contributed by atoms with van der Waals surface area (Å²) in [6.45, 7) is 1.62. The van der Waals surface area contributed by atoms with E-state index in [0.29, 0.717) is 9.66 Å². The number of hydrogen-bond acceptors (Lipinski definition) is 9. The minimum absolute atomic E-state index is 0.00377. The molecule has 12 nitrogen and oxygen atoms in total. The van der Waals surface area contributed by atoms with Gasteiger partial charge in [-0.1, -0.05) is 42.2 Å². The highest BCUT2D eigenvalue weighted by Crippen LogP contribution is 2.23. The van der Waals surface area contributed by atoms with Gasteiger partial charge in [0, 0.05) is 14.1 Å². The first-order valence-electron chi connectivity index (χ1n) is 12.7. The summed E-state index contributed by atoms with van der Waals surface area (Å²) in [6, 6.07) is 12.0. The lowest BCUT2D eigenvalue weighted by molar-refractivity contribution is 0.0478. The van der Waals surface area contributed by atoms with Crippen LogP contribution in [0.4, 0.5) is 0 Å². The van der Waals surface area contributed by atoms with E-state index in [9.17, 15) is 28.8 Å². The van der Waals surface area contributed by atoms with Gasteiger partial charge in [-0.2, -0.15) is 0 Å². The van der Waals surface area contributed by atoms with Gasteiger partial charge in [0.15, 0.2) is 0 Å². The van der Waals surface area contributed by atoms with Crippen molar-refractivity contribution in [3.63, 3.8) is 0 Å². The molecule has 0 spiro atoms. The van der Waals surface area contributed by atoms with E-state index in [1.54, 1.807) is 6.92 Å². The SMILES string of the molecule is C#CCn1c(=O)c2cc(C(=O)OCc3ccccc3)sc2n(C)c1=O.CC#CCn1c(=O)c2cc(C(=O)O)sc2n(C)c1=O. The zero-order valence-electron chi connectivity index (χ0n) is 23.7. The quantitative estimate of drug-likeness (QED) is 0.221. The number of carboxylic acid groups (broad SMARTS) is 1. The van der Waals surface area contributed by atoms with Crippen LogP contribution in [0.3, 0.4) is 0 Å². The molecule has 5 rings (SSSR count). The molecule has 0 unspecified atom stereocenters. The third-order valence-corrected chi connectivity index (χ3v) is 8.70. The summed E-state index contributed by atoms with van der Waals surface area (Å²) in [7, 11) is 3.04. The molecule has 0 atom stereocenters. The highest BCUT2D eigenvalue weighted by Gasteiger charge is 2.19. The Labute approximate surface area is 256 Å². The number of benzene rings is 1. The molecule has 224 valence electrons. The molecule has 0 aliphatic heterocycles. The summed E-state index contributed by atoms with van der Waals surface area (Å²) in [5.74, 6) is 5.89. The van der Waals surface area contributed by atoms with E-state index in [1.165, 1.54) is 35.4 Å². The number of aromatic nitrogens is 4. The van der Waals surface area contributed by atoms with Crippen LogP contribution in [-0.4, -0.2) is 35.3 Å². The number of carbonyl (C=O) groups excluding carboxylic acids is 1. The molecule has 0 saturated heterocycles. The number of nitrogens with zero attached hydrogens (tertiary/aromatic N) is 4. The van der Waals surface area contributed by atoms with Gasteiger partial charge >= 0.3 is 23.3 Å². The monoisotopic (exact) mass is 632 g/mol. The second-order valence-corrected chi connectivity index (χ2v) is 11.2. The van der Waals surface area contributed by atoms with Gasteiger partial charge in [0.25, 0.3) is 11.1 Å². The molecule has 0 bridgehead atoms. The molecule has 5 aromatic rings. The molecular weight excluding hydrogens is 608 g/mol. The third kappa shape index (κ3) is 6.17. The first-order valence-corrected chi connectivity index (χ1v) is 14.4. The second kappa shape index (κ2) is 13.2. The lowest BCUT2D eigenvalue weighted by Gasteiger charge is -2.04. The maximum absolute atomic E-state index is 12.4. The fourth-order valence-corrected chi connectivity index (χ4v) is 6.04. The number of carbonyl (C=O) groups is 2. The molecule has 1 aromatic carbocycles. The van der Waals surface area contributed by atoms with Crippen molar-refractivity contribution < 1.29 is 19.4 Å². The van der Waals surface area contributed by atoms with Gasteiger partial charge in [-0.05, 0) is 24.6 Å². The van der Waals surface area contributed by atoms with E-state index in [-0.39, 0.29) is 40.2 Å². The molecular formula is C30H24N4O8S2. The summed E-state index contributed by atoms with van der Waals surface area (Å²) < 4.78 is 9.82. The normalized spacial score (nSPS) is 10.4. The number of aryl methyl sites for hydroxylation is 2. The van der Waals surface area contributed by atoms with Crippen molar-refractivity contribution in [3.8, 4) is 24.2 Å². The number of carboxylic acids is 1. The number of fused-ring (bicyclic) bond motifs is 2. The van der Waals surface area contributed by atoms with Crippen LogP contribution in [0.25, 0.3) is 20.4 Å². The summed E-state index contributed by atoms with van der Waals surface area (Å²) in [5, 5.41) is 9.44. The number of aromatic carboxylic acids is 1. The molecule has 44 heavy (non-hydrogen) atoms. The van der Waals surface area contributed by atoms with Crippen LogP contribution in [0.15, 0.2) is 61.6 Å². The molecule has 0 radical (unpaired) electrons. The number of hydrogen-bond donors (Lipinski definition) is 1. The van der Waals surface area contributed by atoms with Gasteiger partial charge in [0.05, 0.1) is 23.9 Å². The zero-order valence-corrected chi connectivity index (χ0v) is 25.3. The number of terminal acetylenes is 1. The standard InChI is InChI=1S/C18H14N2O4S.C12H10N2O4S/c1-3-9-20-15(21)13-10-14(25-16(13)19(2)18(20)23)17(22)24-11-12-7-5-4-6-8-12;1-3-4-5-14-9(15)7-6-8(11(16)17)19-10(7)13(2)12(14)18/h1,4-8,10H,9,11H2,2H3;6H,5H2,1-2H3,(H,16,17). The van der Waals surface area contributed by atoms with Crippen molar-refractivity contribution in [2.75, 3.05) is 0 Å². The van der Waals surface area contributed by atoms with Crippen LogP contribution in [0, 0.1) is 24.2 Å². The lowest BCUT2D eigenvalue weighted by atomic mass is 10.2. The largest absolute Gasteiger partial charge is 0.477 e. The summed E-state index contributed by atoms with van der Waals surface area (Å²) in [4.78, 5) is 73.0. The van der Waals surface area contributed by atoms with Crippen LogP contribution in [0.5, 0.6) is 0 Å². The molecule has 4 heterocycles. The van der Waals surface area contributed by atoms with Crippen molar-refractivity contribution in [2.45, 2.75) is 26.6 Å². The Morgan fingerprint density at radius 3 is 1.91 bits per heavy atom. The molecule has 0 fully saturated rings. The van der Waals surface area contributed by atoms with Gasteiger partial charge in [-0.3, -0.25) is 18.7 Å². The van der Waals surface area contributed by atoms with E-state index in [2.05, 4.69) is 17.8 Å². The highest BCUT2D eigenvalue weighted by atomic mass is 32.1. The molecule has 0 aliphatic carbocycles. The Bertz CT molecular complexity index is 2270. The van der Waals surface area contributed by atoms with E-state index in [4.69, 9.17) is 16.3 Å². The molecule has 4 aromatic heterocycles. The smallest absolute Gasteiger partial charge is 0.348 e. The summed E-state index contributed by atoms with van der Waals surface area (Å²) >= 11 is 1.95. The Kier molecular flexibility index (Phi) is 9.48. The number of esters is 1. The lowest BCUT2D eigenvalue weighted by Crippen LogP contribution is -2.38. The number of thiophene rings is 2. The average molecular weight is 633 g/mol. The predicted molar refractivity (Wildman–Crippen MR) is 167 cm³/mol. The van der Waals surface area contributed by atoms with Gasteiger partial charge in [0.1, 0.15) is 26.0 Å². The predicted octanol–water partition coefficient (Wildman–Crippen LogP) is 2.24. The fraction of sp³-hybridized carbons (Fsp3) is 0.200. The maximum Gasteiger partial charge on any atom is 0.348 e. The minimum Gasteiger partial charge on any atom is -0.477 e. The topological polar surface area (TPSA) is 152 Å².